The maximum atomic E-state index is 12.3. The lowest BCUT2D eigenvalue weighted by atomic mass is 9.95. The summed E-state index contributed by atoms with van der Waals surface area (Å²) in [6.07, 6.45) is 0. The molecule has 0 saturated heterocycles. The molecule has 0 radical (unpaired) electrons. The summed E-state index contributed by atoms with van der Waals surface area (Å²) in [6, 6.07) is 12.2. The van der Waals surface area contributed by atoms with Crippen LogP contribution in [0.25, 0.3) is 0 Å². The smallest absolute Gasteiger partial charge is 0.251 e. The Kier molecular flexibility index (Phi) is 8.12. The van der Waals surface area contributed by atoms with Crippen molar-refractivity contribution in [3.8, 4) is 0 Å². The van der Waals surface area contributed by atoms with E-state index in [1.807, 2.05) is 0 Å². The third-order valence-corrected chi connectivity index (χ3v) is 5.75. The van der Waals surface area contributed by atoms with Crippen LogP contribution in [0.2, 0.25) is 0 Å². The molecule has 0 bridgehead atoms. The van der Waals surface area contributed by atoms with Crippen molar-refractivity contribution in [3.63, 3.8) is 0 Å². The van der Waals surface area contributed by atoms with E-state index in [4.69, 9.17) is 0 Å². The number of rotatable bonds is 8. The highest BCUT2D eigenvalue weighted by Gasteiger charge is 2.21. The van der Waals surface area contributed by atoms with Crippen LogP contribution in [0.15, 0.2) is 53.4 Å². The minimum absolute atomic E-state index is 0.00123. The van der Waals surface area contributed by atoms with Gasteiger partial charge in [-0.25, -0.2) is 13.1 Å². The van der Waals surface area contributed by atoms with Crippen LogP contribution in [0, 0.1) is 5.41 Å². The van der Waals surface area contributed by atoms with E-state index < -0.39 is 15.4 Å². The van der Waals surface area contributed by atoms with Crippen molar-refractivity contribution >= 4 is 39.1 Å². The fourth-order valence-electron chi connectivity index (χ4n) is 2.49. The third-order valence-electron chi connectivity index (χ3n) is 4.27. The summed E-state index contributed by atoms with van der Waals surface area (Å²) in [5.74, 6) is -0.747. The Balaban J connectivity index is 1.83. The second-order valence-corrected chi connectivity index (χ2v) is 9.91. The summed E-state index contributed by atoms with van der Waals surface area (Å²) in [4.78, 5) is 35.3. The zero-order chi connectivity index (χ0) is 23.9. The van der Waals surface area contributed by atoms with Gasteiger partial charge in [0.25, 0.3) is 5.91 Å². The van der Waals surface area contributed by atoms with Crippen LogP contribution >= 0.6 is 0 Å². The van der Waals surface area contributed by atoms with Crippen LogP contribution in [0.1, 0.15) is 38.1 Å². The Hall–Kier alpha value is -3.24. The Labute approximate surface area is 188 Å². The molecule has 10 heteroatoms. The highest BCUT2D eigenvalue weighted by atomic mass is 32.2. The van der Waals surface area contributed by atoms with Crippen molar-refractivity contribution in [1.82, 2.24) is 10.0 Å². The maximum Gasteiger partial charge on any atom is 0.251 e. The largest absolute Gasteiger partial charge is 0.351 e. The lowest BCUT2D eigenvalue weighted by molar-refractivity contribution is -0.123. The second kappa shape index (κ2) is 10.4. The van der Waals surface area contributed by atoms with E-state index in [0.29, 0.717) is 16.9 Å². The van der Waals surface area contributed by atoms with Gasteiger partial charge in [-0.05, 0) is 48.5 Å². The highest BCUT2D eigenvalue weighted by molar-refractivity contribution is 7.89. The van der Waals surface area contributed by atoms with Crippen molar-refractivity contribution in [3.05, 3.63) is 54.1 Å². The first-order valence-electron chi connectivity index (χ1n) is 9.95. The topological polar surface area (TPSA) is 133 Å². The minimum atomic E-state index is -3.75. The minimum Gasteiger partial charge on any atom is -0.351 e. The molecule has 0 spiro atoms. The van der Waals surface area contributed by atoms with Gasteiger partial charge in [-0.1, -0.05) is 20.8 Å². The number of sulfonamides is 1. The normalized spacial score (nSPS) is 11.5. The monoisotopic (exact) mass is 460 g/mol. The Morgan fingerprint density at radius 3 is 1.88 bits per heavy atom. The molecule has 0 unspecified atom stereocenters. The van der Waals surface area contributed by atoms with Gasteiger partial charge < -0.3 is 16.0 Å². The number of nitrogens with one attached hydrogen (secondary N) is 4. The number of hydrogen-bond acceptors (Lipinski definition) is 5. The van der Waals surface area contributed by atoms with Gasteiger partial charge in [0.2, 0.25) is 21.8 Å². The van der Waals surface area contributed by atoms with Crippen molar-refractivity contribution in [2.24, 2.45) is 5.41 Å². The third kappa shape index (κ3) is 7.47. The average molecular weight is 461 g/mol. The standard InChI is InChI=1S/C22H28N4O5S/c1-15(27)25-17-9-11-19(12-10-17)32(30,31)24-14-13-23-20(28)16-5-7-18(8-6-16)26-21(29)22(2,3)4/h5-12,24H,13-14H2,1-4H3,(H,23,28)(H,25,27)(H,26,29). The molecular formula is C22H28N4O5S. The summed E-state index contributed by atoms with van der Waals surface area (Å²) in [5.41, 5.74) is 0.929. The number of carbonyl (C=O) groups is 3. The van der Waals surface area contributed by atoms with E-state index in [0.717, 1.165) is 0 Å². The Bertz CT molecular complexity index is 1070. The molecule has 172 valence electrons. The van der Waals surface area contributed by atoms with E-state index in [1.165, 1.54) is 31.2 Å². The highest BCUT2D eigenvalue weighted by Crippen LogP contribution is 2.18. The summed E-state index contributed by atoms with van der Waals surface area (Å²) in [5, 5.41) is 7.98. The molecule has 0 atom stereocenters. The van der Waals surface area contributed by atoms with Crippen LogP contribution < -0.4 is 20.7 Å². The Morgan fingerprint density at radius 2 is 1.34 bits per heavy atom. The molecule has 0 saturated carbocycles. The van der Waals surface area contributed by atoms with Crippen molar-refractivity contribution in [1.29, 1.82) is 0 Å². The lowest BCUT2D eigenvalue weighted by Crippen LogP contribution is -2.34. The molecule has 0 aromatic heterocycles. The van der Waals surface area contributed by atoms with E-state index >= 15 is 0 Å². The van der Waals surface area contributed by atoms with Gasteiger partial charge in [-0.3, -0.25) is 14.4 Å². The van der Waals surface area contributed by atoms with E-state index in [-0.39, 0.29) is 35.7 Å². The average Bonchev–Trinajstić information content (AvgIpc) is 2.71. The SMILES string of the molecule is CC(=O)Nc1ccc(S(=O)(=O)NCCNC(=O)c2ccc(NC(=O)C(C)(C)C)cc2)cc1. The van der Waals surface area contributed by atoms with Crippen LogP contribution in [0.3, 0.4) is 0 Å². The molecule has 32 heavy (non-hydrogen) atoms. The number of anilines is 2. The van der Waals surface area contributed by atoms with E-state index in [1.54, 1.807) is 45.0 Å². The summed E-state index contributed by atoms with van der Waals surface area (Å²) in [7, 11) is -3.75. The van der Waals surface area contributed by atoms with Gasteiger partial charge in [-0.2, -0.15) is 0 Å². The van der Waals surface area contributed by atoms with Gasteiger partial charge in [-0.15, -0.1) is 0 Å². The first kappa shape index (κ1) is 25.0. The van der Waals surface area contributed by atoms with Gasteiger partial charge in [0.1, 0.15) is 0 Å². The van der Waals surface area contributed by atoms with Crippen LogP contribution in [-0.2, 0) is 19.6 Å². The summed E-state index contributed by atoms with van der Waals surface area (Å²) < 4.78 is 27.1. The van der Waals surface area contributed by atoms with Crippen molar-refractivity contribution < 1.29 is 22.8 Å². The molecule has 2 aromatic rings. The molecular weight excluding hydrogens is 432 g/mol. The van der Waals surface area contributed by atoms with E-state index in [9.17, 15) is 22.8 Å². The maximum absolute atomic E-state index is 12.3. The summed E-state index contributed by atoms with van der Waals surface area (Å²) in [6.45, 7) is 6.86. The fourth-order valence-corrected chi connectivity index (χ4v) is 3.52. The lowest BCUT2D eigenvalue weighted by Gasteiger charge is -2.17. The number of amides is 3. The van der Waals surface area contributed by atoms with Crippen molar-refractivity contribution in [2.45, 2.75) is 32.6 Å². The predicted molar refractivity (Wildman–Crippen MR) is 123 cm³/mol. The van der Waals surface area contributed by atoms with Gasteiger partial charge in [0.05, 0.1) is 4.90 Å². The molecule has 0 heterocycles. The number of hydrogen-bond donors (Lipinski definition) is 4. The van der Waals surface area contributed by atoms with Crippen LogP contribution in [0.5, 0.6) is 0 Å². The molecule has 3 amide bonds. The van der Waals surface area contributed by atoms with Crippen LogP contribution in [0.4, 0.5) is 11.4 Å². The fraction of sp³-hybridized carbons (Fsp3) is 0.318. The molecule has 4 N–H and O–H groups in total. The van der Waals surface area contributed by atoms with Crippen LogP contribution in [-0.4, -0.2) is 39.2 Å². The number of benzene rings is 2. The molecule has 0 aliphatic rings. The molecule has 0 aliphatic heterocycles. The van der Waals surface area contributed by atoms with Gasteiger partial charge in [0, 0.05) is 42.4 Å². The van der Waals surface area contributed by atoms with Crippen molar-refractivity contribution in [2.75, 3.05) is 23.7 Å². The first-order chi connectivity index (χ1) is 14.9. The van der Waals surface area contributed by atoms with E-state index in [2.05, 4.69) is 20.7 Å². The summed E-state index contributed by atoms with van der Waals surface area (Å²) >= 11 is 0. The number of carbonyl (C=O) groups excluding carboxylic acids is 3. The molecule has 0 aliphatic carbocycles. The molecule has 9 nitrogen and oxygen atoms in total. The first-order valence-corrected chi connectivity index (χ1v) is 11.4. The molecule has 0 fully saturated rings. The molecule has 2 aromatic carbocycles. The Morgan fingerprint density at radius 1 is 0.812 bits per heavy atom. The van der Waals surface area contributed by atoms with Gasteiger partial charge in [0.15, 0.2) is 0 Å². The second-order valence-electron chi connectivity index (χ2n) is 8.14. The predicted octanol–water partition coefficient (Wildman–Crippen LogP) is 2.34. The van der Waals surface area contributed by atoms with Gasteiger partial charge >= 0.3 is 0 Å². The molecule has 2 rings (SSSR count). The zero-order valence-corrected chi connectivity index (χ0v) is 19.3. The zero-order valence-electron chi connectivity index (χ0n) is 18.5. The quantitative estimate of drug-likeness (QED) is 0.449.